The second kappa shape index (κ2) is 10.8. The van der Waals surface area contributed by atoms with Crippen LogP contribution in [0.1, 0.15) is 19.4 Å². The fraction of sp³-hybridized carbons (Fsp3) is 0.400. The van der Waals surface area contributed by atoms with E-state index in [1.165, 1.54) is 0 Å². The Morgan fingerprint density at radius 1 is 1.06 bits per heavy atom. The van der Waals surface area contributed by atoms with Gasteiger partial charge in [-0.2, -0.15) is 0 Å². The Kier molecular flexibility index (Phi) is 7.83. The van der Waals surface area contributed by atoms with E-state index in [0.29, 0.717) is 23.0 Å². The molecule has 34 heavy (non-hydrogen) atoms. The molecule has 0 bridgehead atoms. The van der Waals surface area contributed by atoms with Gasteiger partial charge in [-0.15, -0.1) is 5.10 Å². The van der Waals surface area contributed by atoms with E-state index < -0.39 is 0 Å². The first-order chi connectivity index (χ1) is 16.3. The number of benzene rings is 2. The molecule has 1 fully saturated rings. The molecular weight excluding hydrogens is 468 g/mol. The van der Waals surface area contributed by atoms with Gasteiger partial charge in [-0.1, -0.05) is 29.8 Å². The van der Waals surface area contributed by atoms with Crippen molar-refractivity contribution in [3.05, 3.63) is 63.9 Å². The third-order valence-electron chi connectivity index (χ3n) is 5.91. The fourth-order valence-corrected chi connectivity index (χ4v) is 4.58. The van der Waals surface area contributed by atoms with E-state index in [2.05, 4.69) is 34.2 Å². The number of aromatic nitrogens is 3. The van der Waals surface area contributed by atoms with Crippen molar-refractivity contribution in [2.45, 2.75) is 33.5 Å². The lowest BCUT2D eigenvalue weighted by atomic mass is 10.1. The van der Waals surface area contributed by atoms with Gasteiger partial charge in [0.1, 0.15) is 0 Å². The van der Waals surface area contributed by atoms with E-state index >= 15 is 0 Å². The molecule has 0 spiro atoms. The lowest BCUT2D eigenvalue weighted by Crippen LogP contribution is -2.50. The second-order valence-electron chi connectivity index (χ2n) is 8.99. The summed E-state index contributed by atoms with van der Waals surface area (Å²) in [6.45, 7) is 10.5. The van der Waals surface area contributed by atoms with Crippen LogP contribution in [-0.2, 0) is 11.5 Å². The van der Waals surface area contributed by atoms with Crippen LogP contribution in [0, 0.1) is 11.7 Å². The summed E-state index contributed by atoms with van der Waals surface area (Å²) in [4.78, 5) is 16.6. The Morgan fingerprint density at radius 2 is 1.71 bits per heavy atom. The number of piperazine rings is 1. The van der Waals surface area contributed by atoms with Crippen LogP contribution in [0.5, 0.6) is 0 Å². The molecule has 2 aromatic carbocycles. The molecule has 1 aliphatic heterocycles. The largest absolute Gasteiger partial charge is 0.353 e. The third kappa shape index (κ3) is 5.75. The summed E-state index contributed by atoms with van der Waals surface area (Å²) in [7, 11) is 0. The van der Waals surface area contributed by atoms with Crippen molar-refractivity contribution in [1.29, 1.82) is 0 Å². The molecule has 1 aromatic heterocycles. The Morgan fingerprint density at radius 3 is 2.35 bits per heavy atom. The minimum atomic E-state index is 0.0789. The van der Waals surface area contributed by atoms with Crippen molar-refractivity contribution >= 4 is 29.7 Å². The molecule has 9 heteroatoms. The number of hydrogen-bond acceptors (Lipinski definition) is 5. The number of carbonyl (C=O) groups excluding carboxylic acids is 1. The SMILES string of the molecule is Cc1ccccc1-n1c(-c2ccc(Cl)cc2)nn(CN2CCN(CC(=O)NC(C)C)CC2)c1=S. The molecule has 7 nitrogen and oxygen atoms in total. The molecule has 0 radical (unpaired) electrons. The highest BCUT2D eigenvalue weighted by Gasteiger charge is 2.22. The number of hydrogen-bond donors (Lipinski definition) is 1. The van der Waals surface area contributed by atoms with E-state index in [-0.39, 0.29) is 11.9 Å². The summed E-state index contributed by atoms with van der Waals surface area (Å²) in [6, 6.07) is 16.0. The van der Waals surface area contributed by atoms with Gasteiger partial charge in [0.2, 0.25) is 10.7 Å². The highest BCUT2D eigenvalue weighted by molar-refractivity contribution is 7.71. The summed E-state index contributed by atoms with van der Waals surface area (Å²) >= 11 is 12.0. The van der Waals surface area contributed by atoms with Gasteiger partial charge in [-0.3, -0.25) is 19.2 Å². The standard InChI is InChI=1S/C25H31ClN6OS/c1-18(2)27-23(33)16-29-12-14-30(15-13-29)17-31-25(34)32(22-7-5-4-6-19(22)3)24(28-31)20-8-10-21(26)11-9-20/h4-11,18H,12-17H2,1-3H3,(H,27,33). The average Bonchev–Trinajstić information content (AvgIpc) is 3.11. The van der Waals surface area contributed by atoms with Gasteiger partial charge < -0.3 is 5.32 Å². The zero-order valence-corrected chi connectivity index (χ0v) is 21.4. The predicted octanol–water partition coefficient (Wildman–Crippen LogP) is 4.13. The normalized spacial score (nSPS) is 15.1. The first kappa shape index (κ1) is 24.6. The quantitative estimate of drug-likeness (QED) is 0.496. The molecule has 1 N–H and O–H groups in total. The van der Waals surface area contributed by atoms with Crippen LogP contribution in [0.15, 0.2) is 48.5 Å². The molecule has 0 saturated carbocycles. The number of rotatable bonds is 7. The first-order valence-electron chi connectivity index (χ1n) is 11.6. The van der Waals surface area contributed by atoms with Crippen molar-refractivity contribution in [2.24, 2.45) is 0 Å². The maximum absolute atomic E-state index is 12.1. The summed E-state index contributed by atoms with van der Waals surface area (Å²) in [6.07, 6.45) is 0. The Balaban J connectivity index is 1.55. The number of para-hydroxylation sites is 1. The van der Waals surface area contributed by atoms with Gasteiger partial charge in [0.15, 0.2) is 5.82 Å². The molecule has 0 aliphatic carbocycles. The molecule has 2 heterocycles. The fourth-order valence-electron chi connectivity index (χ4n) is 4.17. The summed E-state index contributed by atoms with van der Waals surface area (Å²) < 4.78 is 4.59. The van der Waals surface area contributed by atoms with Gasteiger partial charge in [0.05, 0.1) is 18.9 Å². The lowest BCUT2D eigenvalue weighted by molar-refractivity contribution is -0.123. The maximum atomic E-state index is 12.1. The molecule has 1 saturated heterocycles. The Hall–Kier alpha value is -2.52. The van der Waals surface area contributed by atoms with Crippen LogP contribution in [0.3, 0.4) is 0 Å². The van der Waals surface area contributed by atoms with Crippen LogP contribution in [0.25, 0.3) is 17.1 Å². The maximum Gasteiger partial charge on any atom is 0.234 e. The van der Waals surface area contributed by atoms with Gasteiger partial charge in [0.25, 0.3) is 0 Å². The van der Waals surface area contributed by atoms with Crippen molar-refractivity contribution in [3.8, 4) is 17.1 Å². The smallest absolute Gasteiger partial charge is 0.234 e. The van der Waals surface area contributed by atoms with Gasteiger partial charge >= 0.3 is 0 Å². The van der Waals surface area contributed by atoms with E-state index in [9.17, 15) is 4.79 Å². The lowest BCUT2D eigenvalue weighted by Gasteiger charge is -2.34. The topological polar surface area (TPSA) is 58.3 Å². The number of carbonyl (C=O) groups is 1. The Labute approximate surface area is 210 Å². The molecule has 1 amide bonds. The molecule has 0 atom stereocenters. The number of amides is 1. The van der Waals surface area contributed by atoms with E-state index in [0.717, 1.165) is 48.8 Å². The summed E-state index contributed by atoms with van der Waals surface area (Å²) in [5.41, 5.74) is 3.10. The predicted molar refractivity (Wildman–Crippen MR) is 139 cm³/mol. The molecule has 4 rings (SSSR count). The summed E-state index contributed by atoms with van der Waals surface area (Å²) in [5, 5.41) is 8.58. The molecular formula is C25H31ClN6OS. The van der Waals surface area contributed by atoms with Crippen molar-refractivity contribution in [3.63, 3.8) is 0 Å². The van der Waals surface area contributed by atoms with Crippen molar-refractivity contribution in [2.75, 3.05) is 32.7 Å². The minimum absolute atomic E-state index is 0.0789. The van der Waals surface area contributed by atoms with E-state index in [4.69, 9.17) is 28.9 Å². The zero-order valence-electron chi connectivity index (χ0n) is 19.9. The van der Waals surface area contributed by atoms with E-state index in [1.54, 1.807) is 0 Å². The number of nitrogens with one attached hydrogen (secondary N) is 1. The molecule has 0 unspecified atom stereocenters. The van der Waals surface area contributed by atoms with Gasteiger partial charge in [-0.05, 0) is 68.9 Å². The Bertz CT molecular complexity index is 1190. The molecule has 180 valence electrons. The van der Waals surface area contributed by atoms with E-state index in [1.807, 2.05) is 59.5 Å². The minimum Gasteiger partial charge on any atom is -0.353 e. The number of nitrogens with zero attached hydrogens (tertiary/aromatic N) is 5. The highest BCUT2D eigenvalue weighted by atomic mass is 35.5. The van der Waals surface area contributed by atoms with Crippen LogP contribution in [-0.4, -0.2) is 68.8 Å². The van der Waals surface area contributed by atoms with Crippen molar-refractivity contribution in [1.82, 2.24) is 29.5 Å². The van der Waals surface area contributed by atoms with Gasteiger partial charge in [0, 0.05) is 42.8 Å². The van der Waals surface area contributed by atoms with Crippen LogP contribution in [0.4, 0.5) is 0 Å². The summed E-state index contributed by atoms with van der Waals surface area (Å²) in [5.74, 6) is 0.871. The monoisotopic (exact) mass is 498 g/mol. The van der Waals surface area contributed by atoms with Crippen LogP contribution in [0.2, 0.25) is 5.02 Å². The second-order valence-corrected chi connectivity index (χ2v) is 9.79. The van der Waals surface area contributed by atoms with Gasteiger partial charge in [-0.25, -0.2) is 4.68 Å². The highest BCUT2D eigenvalue weighted by Crippen LogP contribution is 2.26. The van der Waals surface area contributed by atoms with Crippen molar-refractivity contribution < 1.29 is 4.79 Å². The zero-order chi connectivity index (χ0) is 24.2. The van der Waals surface area contributed by atoms with Crippen LogP contribution < -0.4 is 5.32 Å². The molecule has 1 aliphatic rings. The first-order valence-corrected chi connectivity index (χ1v) is 12.4. The molecule has 3 aromatic rings. The third-order valence-corrected chi connectivity index (χ3v) is 6.56. The van der Waals surface area contributed by atoms with Crippen LogP contribution >= 0.6 is 23.8 Å². The average molecular weight is 499 g/mol. The number of halogens is 1. The number of aryl methyl sites for hydroxylation is 1.